The number of rotatable bonds is 2. The Morgan fingerprint density at radius 1 is 1.00 bits per heavy atom. The highest BCUT2D eigenvalue weighted by Gasteiger charge is 2.57. The molecule has 4 aliphatic rings. The molecule has 0 saturated heterocycles. The first-order valence-corrected chi connectivity index (χ1v) is 14.0. The first kappa shape index (κ1) is 17.2. The van der Waals surface area contributed by atoms with Gasteiger partial charge in [-0.1, -0.05) is 20.3 Å². The van der Waals surface area contributed by atoms with Crippen molar-refractivity contribution in [2.45, 2.75) is 91.3 Å². The average Bonchev–Trinajstić information content (AvgIpc) is 2.88. The average molecular weight is 347 g/mol. The molecule has 3 fully saturated rings. The van der Waals surface area contributed by atoms with E-state index in [-0.39, 0.29) is 0 Å². The lowest BCUT2D eigenvalue weighted by Crippen LogP contribution is -2.51. The third-order valence-corrected chi connectivity index (χ3v) is 9.38. The van der Waals surface area contributed by atoms with Crippen molar-refractivity contribution < 1.29 is 4.43 Å². The van der Waals surface area contributed by atoms with E-state index in [0.29, 0.717) is 10.8 Å². The van der Waals surface area contributed by atoms with Crippen LogP contribution in [0.3, 0.4) is 0 Å². The molecule has 24 heavy (non-hydrogen) atoms. The van der Waals surface area contributed by atoms with Crippen molar-refractivity contribution in [1.82, 2.24) is 0 Å². The van der Waals surface area contributed by atoms with Crippen LogP contribution in [-0.4, -0.2) is 8.32 Å². The Labute approximate surface area is 150 Å². The number of fused-ring (bicyclic) bond motifs is 5. The normalized spacial score (nSPS) is 48.1. The molecule has 0 N–H and O–H groups in total. The molecular formula is C22H38OSi. The van der Waals surface area contributed by atoms with E-state index in [1.54, 1.807) is 0 Å². The maximum atomic E-state index is 6.39. The van der Waals surface area contributed by atoms with Gasteiger partial charge in [0.1, 0.15) is 0 Å². The van der Waals surface area contributed by atoms with Crippen molar-refractivity contribution in [3.63, 3.8) is 0 Å². The molecule has 0 aromatic rings. The predicted octanol–water partition coefficient (Wildman–Crippen LogP) is 6.76. The SMILES string of the molecule is C[C@@]12CCCC1C1CC[C@H]3CC(O[Si](C)(C)C)=CC[C@]3(C)C1CC2. The summed E-state index contributed by atoms with van der Waals surface area (Å²) < 4.78 is 6.39. The monoisotopic (exact) mass is 346 g/mol. The first-order chi connectivity index (χ1) is 11.2. The van der Waals surface area contributed by atoms with Crippen LogP contribution >= 0.6 is 0 Å². The van der Waals surface area contributed by atoms with Crippen LogP contribution in [0.4, 0.5) is 0 Å². The Morgan fingerprint density at radius 2 is 1.79 bits per heavy atom. The van der Waals surface area contributed by atoms with Crippen LogP contribution < -0.4 is 0 Å². The molecule has 3 saturated carbocycles. The molecule has 2 heteroatoms. The van der Waals surface area contributed by atoms with Crippen LogP contribution in [0.1, 0.15) is 71.6 Å². The third kappa shape index (κ3) is 2.72. The van der Waals surface area contributed by atoms with Gasteiger partial charge >= 0.3 is 0 Å². The number of hydrogen-bond donors (Lipinski definition) is 0. The van der Waals surface area contributed by atoms with E-state index in [2.05, 4.69) is 39.6 Å². The molecule has 0 aromatic carbocycles. The van der Waals surface area contributed by atoms with Gasteiger partial charge in [-0.2, -0.15) is 0 Å². The molecule has 1 nitrogen and oxygen atoms in total. The molecule has 0 aromatic heterocycles. The molecular weight excluding hydrogens is 308 g/mol. The highest BCUT2D eigenvalue weighted by molar-refractivity contribution is 6.70. The van der Waals surface area contributed by atoms with Gasteiger partial charge in [-0.3, -0.25) is 0 Å². The Hall–Kier alpha value is -0.243. The van der Waals surface area contributed by atoms with Gasteiger partial charge in [0.25, 0.3) is 0 Å². The zero-order chi connectivity index (χ0) is 17.2. The fraction of sp³-hybridized carbons (Fsp3) is 0.909. The van der Waals surface area contributed by atoms with E-state index >= 15 is 0 Å². The Balaban J connectivity index is 1.56. The van der Waals surface area contributed by atoms with E-state index in [0.717, 1.165) is 23.7 Å². The first-order valence-electron chi connectivity index (χ1n) is 10.6. The van der Waals surface area contributed by atoms with Crippen molar-refractivity contribution in [2.75, 3.05) is 0 Å². The summed E-state index contributed by atoms with van der Waals surface area (Å²) in [5.41, 5.74) is 1.25. The van der Waals surface area contributed by atoms with Crippen LogP contribution in [0.15, 0.2) is 11.8 Å². The zero-order valence-corrected chi connectivity index (χ0v) is 17.7. The van der Waals surface area contributed by atoms with Crippen LogP contribution in [0.5, 0.6) is 0 Å². The zero-order valence-electron chi connectivity index (χ0n) is 16.7. The quantitative estimate of drug-likeness (QED) is 0.502. The molecule has 0 spiro atoms. The van der Waals surface area contributed by atoms with Gasteiger partial charge in [0.15, 0.2) is 0 Å². The molecule has 136 valence electrons. The summed E-state index contributed by atoms with van der Waals surface area (Å²) in [6, 6.07) is 0. The van der Waals surface area contributed by atoms with Gasteiger partial charge in [-0.05, 0) is 105 Å². The maximum Gasteiger partial charge on any atom is 0.241 e. The van der Waals surface area contributed by atoms with Gasteiger partial charge in [0.2, 0.25) is 8.32 Å². The van der Waals surface area contributed by atoms with Crippen molar-refractivity contribution in [2.24, 2.45) is 34.5 Å². The van der Waals surface area contributed by atoms with E-state index in [4.69, 9.17) is 4.43 Å². The van der Waals surface area contributed by atoms with Gasteiger partial charge in [0, 0.05) is 6.42 Å². The smallest absolute Gasteiger partial charge is 0.241 e. The second-order valence-electron chi connectivity index (χ2n) is 11.0. The Morgan fingerprint density at radius 3 is 2.54 bits per heavy atom. The molecule has 0 radical (unpaired) electrons. The summed E-state index contributed by atoms with van der Waals surface area (Å²) in [7, 11) is -1.46. The molecule has 0 heterocycles. The minimum atomic E-state index is -1.46. The molecule has 0 amide bonds. The molecule has 3 unspecified atom stereocenters. The van der Waals surface area contributed by atoms with Crippen molar-refractivity contribution >= 4 is 8.32 Å². The van der Waals surface area contributed by atoms with Gasteiger partial charge in [-0.25, -0.2) is 0 Å². The predicted molar refractivity (Wildman–Crippen MR) is 104 cm³/mol. The highest BCUT2D eigenvalue weighted by Crippen LogP contribution is 2.66. The lowest BCUT2D eigenvalue weighted by Gasteiger charge is -2.59. The fourth-order valence-corrected chi connectivity index (χ4v) is 8.27. The summed E-state index contributed by atoms with van der Waals surface area (Å²) in [5.74, 6) is 5.27. The van der Waals surface area contributed by atoms with Crippen molar-refractivity contribution in [3.05, 3.63) is 11.8 Å². The van der Waals surface area contributed by atoms with E-state index in [1.165, 1.54) is 63.5 Å². The second kappa shape index (κ2) is 5.63. The van der Waals surface area contributed by atoms with E-state index in [1.807, 2.05) is 0 Å². The third-order valence-electron chi connectivity index (χ3n) is 8.50. The van der Waals surface area contributed by atoms with Gasteiger partial charge in [0.05, 0.1) is 5.76 Å². The minimum absolute atomic E-state index is 0.555. The Kier molecular flexibility index (Phi) is 4.03. The van der Waals surface area contributed by atoms with E-state index in [9.17, 15) is 0 Å². The van der Waals surface area contributed by atoms with Crippen LogP contribution in [0.2, 0.25) is 19.6 Å². The topological polar surface area (TPSA) is 9.23 Å². The lowest BCUT2D eigenvalue weighted by molar-refractivity contribution is -0.0906. The van der Waals surface area contributed by atoms with Crippen LogP contribution in [0, 0.1) is 34.5 Å². The lowest BCUT2D eigenvalue weighted by atomic mass is 9.46. The van der Waals surface area contributed by atoms with Crippen molar-refractivity contribution in [3.8, 4) is 0 Å². The second-order valence-corrected chi connectivity index (χ2v) is 15.5. The summed E-state index contributed by atoms with van der Waals surface area (Å²) >= 11 is 0. The summed E-state index contributed by atoms with van der Waals surface area (Å²) in [6.45, 7) is 12.2. The maximum absolute atomic E-state index is 6.39. The highest BCUT2D eigenvalue weighted by atomic mass is 28.4. The summed E-state index contributed by atoms with van der Waals surface area (Å²) in [4.78, 5) is 0. The molecule has 0 bridgehead atoms. The van der Waals surface area contributed by atoms with Crippen LogP contribution in [-0.2, 0) is 4.43 Å². The number of allylic oxidation sites excluding steroid dienone is 2. The largest absolute Gasteiger partial charge is 0.548 e. The minimum Gasteiger partial charge on any atom is -0.548 e. The number of hydrogen-bond acceptors (Lipinski definition) is 1. The molecule has 4 rings (SSSR count). The fourth-order valence-electron chi connectivity index (χ4n) is 7.32. The Bertz CT molecular complexity index is 533. The molecule has 6 atom stereocenters. The standard InChI is InChI=1S/C22H38OSi/c1-21-12-6-7-19(21)18-9-8-16-15-17(23-24(3,4)5)10-14-22(16,2)20(18)11-13-21/h10,16,18-20H,6-9,11-15H2,1-5H3/t16-,18?,19?,20?,21-,22-/m0/s1. The summed E-state index contributed by atoms with van der Waals surface area (Å²) in [6.07, 6.45) is 15.5. The van der Waals surface area contributed by atoms with Crippen LogP contribution in [0.25, 0.3) is 0 Å². The van der Waals surface area contributed by atoms with E-state index < -0.39 is 8.32 Å². The van der Waals surface area contributed by atoms with Crippen molar-refractivity contribution in [1.29, 1.82) is 0 Å². The molecule has 4 aliphatic carbocycles. The van der Waals surface area contributed by atoms with Gasteiger partial charge < -0.3 is 4.43 Å². The molecule has 0 aliphatic heterocycles. The van der Waals surface area contributed by atoms with Gasteiger partial charge in [-0.15, -0.1) is 0 Å². The summed E-state index contributed by atoms with van der Waals surface area (Å²) in [5, 5.41) is 0.